The van der Waals surface area contributed by atoms with Crippen molar-refractivity contribution in [3.63, 3.8) is 0 Å². The number of hydrogen-bond donors (Lipinski definition) is 1. The van der Waals surface area contributed by atoms with E-state index in [-0.39, 0.29) is 16.8 Å². The maximum Gasteiger partial charge on any atom is 0.252 e. The molecule has 1 N–H and O–H groups in total. The summed E-state index contributed by atoms with van der Waals surface area (Å²) in [5.41, 5.74) is 2.41. The highest BCUT2D eigenvalue weighted by Gasteiger charge is 2.18. The third kappa shape index (κ3) is 4.47. The normalized spacial score (nSPS) is 12.8. The minimum atomic E-state index is -3.46. The Morgan fingerprint density at radius 2 is 1.73 bits per heavy atom. The Bertz CT molecular complexity index is 892. The van der Waals surface area contributed by atoms with Crippen LogP contribution in [-0.4, -0.2) is 39.0 Å². The number of sulfonamides is 1. The van der Waals surface area contributed by atoms with E-state index in [1.54, 1.807) is 36.0 Å². The lowest BCUT2D eigenvalue weighted by molar-refractivity contribution is 0.0939. The van der Waals surface area contributed by atoms with Crippen molar-refractivity contribution in [3.8, 4) is 0 Å². The van der Waals surface area contributed by atoms with E-state index < -0.39 is 10.0 Å². The predicted octanol–water partition coefficient (Wildman–Crippen LogP) is 3.46. The summed E-state index contributed by atoms with van der Waals surface area (Å²) in [7, 11) is -0.461. The van der Waals surface area contributed by atoms with Gasteiger partial charge < -0.3 is 5.32 Å². The van der Waals surface area contributed by atoms with Gasteiger partial charge in [-0.1, -0.05) is 18.2 Å². The Morgan fingerprint density at radius 1 is 1.12 bits per heavy atom. The lowest BCUT2D eigenvalue weighted by Gasteiger charge is -2.17. The van der Waals surface area contributed by atoms with Gasteiger partial charge in [0.25, 0.3) is 5.91 Å². The Hall–Kier alpha value is -1.83. The SMILES string of the molecule is CSc1ccc(C)c(C(=O)NC(C)c2ccc(S(=O)(=O)N(C)C)cc2)c1. The van der Waals surface area contributed by atoms with Crippen LogP contribution in [0.25, 0.3) is 0 Å². The lowest BCUT2D eigenvalue weighted by Crippen LogP contribution is -2.27. The zero-order valence-corrected chi connectivity index (χ0v) is 17.2. The van der Waals surface area contributed by atoms with Crippen molar-refractivity contribution in [2.24, 2.45) is 0 Å². The van der Waals surface area contributed by atoms with E-state index in [9.17, 15) is 13.2 Å². The first-order valence-electron chi connectivity index (χ1n) is 8.15. The van der Waals surface area contributed by atoms with Gasteiger partial charge in [-0.3, -0.25) is 4.79 Å². The predicted molar refractivity (Wildman–Crippen MR) is 106 cm³/mol. The number of nitrogens with zero attached hydrogens (tertiary/aromatic N) is 1. The van der Waals surface area contributed by atoms with E-state index in [1.807, 2.05) is 38.3 Å². The number of carbonyl (C=O) groups is 1. The summed E-state index contributed by atoms with van der Waals surface area (Å²) in [6, 6.07) is 12.2. The Morgan fingerprint density at radius 3 is 2.27 bits per heavy atom. The highest BCUT2D eigenvalue weighted by Crippen LogP contribution is 2.21. The average molecular weight is 393 g/mol. The van der Waals surface area contributed by atoms with Crippen molar-refractivity contribution < 1.29 is 13.2 Å². The molecule has 7 heteroatoms. The fourth-order valence-electron chi connectivity index (χ4n) is 2.47. The van der Waals surface area contributed by atoms with Crippen molar-refractivity contribution in [2.45, 2.75) is 29.7 Å². The van der Waals surface area contributed by atoms with Crippen LogP contribution < -0.4 is 5.32 Å². The molecule has 1 atom stereocenters. The molecule has 0 aliphatic rings. The zero-order chi connectivity index (χ0) is 19.5. The van der Waals surface area contributed by atoms with Crippen molar-refractivity contribution in [1.82, 2.24) is 9.62 Å². The van der Waals surface area contributed by atoms with Gasteiger partial charge in [0.15, 0.2) is 0 Å². The van der Waals surface area contributed by atoms with Crippen LogP contribution in [-0.2, 0) is 10.0 Å². The molecule has 1 amide bonds. The van der Waals surface area contributed by atoms with Gasteiger partial charge in [0.05, 0.1) is 10.9 Å². The maximum atomic E-state index is 12.6. The number of benzene rings is 2. The second kappa shape index (κ2) is 8.24. The van der Waals surface area contributed by atoms with Gasteiger partial charge in [0.2, 0.25) is 10.0 Å². The van der Waals surface area contributed by atoms with Gasteiger partial charge in [0.1, 0.15) is 0 Å². The number of nitrogens with one attached hydrogen (secondary N) is 1. The molecule has 0 saturated heterocycles. The number of aryl methyl sites for hydroxylation is 1. The van der Waals surface area contributed by atoms with Gasteiger partial charge in [-0.05, 0) is 55.5 Å². The molecule has 5 nitrogen and oxygen atoms in total. The summed E-state index contributed by atoms with van der Waals surface area (Å²) in [5, 5.41) is 2.98. The molecular weight excluding hydrogens is 368 g/mol. The number of amides is 1. The van der Waals surface area contributed by atoms with Crippen LogP contribution in [0.5, 0.6) is 0 Å². The molecular formula is C19H24N2O3S2. The number of carbonyl (C=O) groups excluding carboxylic acids is 1. The Kier molecular flexibility index (Phi) is 6.49. The molecule has 0 aromatic heterocycles. The molecule has 2 rings (SSSR count). The quantitative estimate of drug-likeness (QED) is 0.765. The number of rotatable bonds is 6. The zero-order valence-electron chi connectivity index (χ0n) is 15.6. The molecule has 0 fully saturated rings. The summed E-state index contributed by atoms with van der Waals surface area (Å²) in [5.74, 6) is -0.143. The van der Waals surface area contributed by atoms with Gasteiger partial charge >= 0.3 is 0 Å². The molecule has 0 heterocycles. The molecule has 140 valence electrons. The Labute approximate surface area is 159 Å². The number of thioether (sulfide) groups is 1. The fourth-order valence-corrected chi connectivity index (χ4v) is 3.81. The van der Waals surface area contributed by atoms with E-state index in [4.69, 9.17) is 0 Å². The molecule has 0 aliphatic carbocycles. The van der Waals surface area contributed by atoms with Crippen LogP contribution in [0.4, 0.5) is 0 Å². The molecule has 0 spiro atoms. The van der Waals surface area contributed by atoms with Crippen LogP contribution in [0.15, 0.2) is 52.3 Å². The summed E-state index contributed by atoms with van der Waals surface area (Å²) in [6.07, 6.45) is 1.97. The third-order valence-corrected chi connectivity index (χ3v) is 6.75. The van der Waals surface area contributed by atoms with E-state index >= 15 is 0 Å². The van der Waals surface area contributed by atoms with Crippen molar-refractivity contribution in [2.75, 3.05) is 20.4 Å². The van der Waals surface area contributed by atoms with Crippen LogP contribution in [0.1, 0.15) is 34.5 Å². The first-order chi connectivity index (χ1) is 12.2. The molecule has 2 aromatic carbocycles. The van der Waals surface area contributed by atoms with E-state index in [2.05, 4.69) is 5.32 Å². The molecule has 0 bridgehead atoms. The van der Waals surface area contributed by atoms with Gasteiger partial charge in [-0.2, -0.15) is 0 Å². The molecule has 0 saturated carbocycles. The van der Waals surface area contributed by atoms with E-state index in [1.165, 1.54) is 18.4 Å². The standard InChI is InChI=1S/C19H24N2O3S2/c1-13-6-9-16(25-5)12-18(13)19(22)20-14(2)15-7-10-17(11-8-15)26(23,24)21(3)4/h6-12,14H,1-5H3,(H,20,22). The molecule has 2 aromatic rings. The summed E-state index contributed by atoms with van der Waals surface area (Å²) < 4.78 is 25.4. The monoisotopic (exact) mass is 392 g/mol. The first kappa shape index (κ1) is 20.5. The summed E-state index contributed by atoms with van der Waals surface area (Å²) in [4.78, 5) is 13.9. The lowest BCUT2D eigenvalue weighted by atomic mass is 10.1. The maximum absolute atomic E-state index is 12.6. The van der Waals surface area contributed by atoms with Crippen molar-refractivity contribution >= 4 is 27.7 Å². The largest absolute Gasteiger partial charge is 0.346 e. The van der Waals surface area contributed by atoms with Crippen LogP contribution in [0, 0.1) is 6.92 Å². The number of hydrogen-bond acceptors (Lipinski definition) is 4. The van der Waals surface area contributed by atoms with Crippen molar-refractivity contribution in [3.05, 3.63) is 59.2 Å². The highest BCUT2D eigenvalue weighted by molar-refractivity contribution is 7.98. The van der Waals surface area contributed by atoms with Gasteiger partial charge in [-0.15, -0.1) is 11.8 Å². The van der Waals surface area contributed by atoms with Crippen LogP contribution >= 0.6 is 11.8 Å². The minimum Gasteiger partial charge on any atom is -0.346 e. The Balaban J connectivity index is 2.17. The van der Waals surface area contributed by atoms with Crippen LogP contribution in [0.3, 0.4) is 0 Å². The van der Waals surface area contributed by atoms with Crippen molar-refractivity contribution in [1.29, 1.82) is 0 Å². The van der Waals surface area contributed by atoms with E-state index in [0.29, 0.717) is 5.56 Å². The first-order valence-corrected chi connectivity index (χ1v) is 10.8. The van der Waals surface area contributed by atoms with E-state index in [0.717, 1.165) is 16.0 Å². The van der Waals surface area contributed by atoms with Gasteiger partial charge in [0, 0.05) is 24.6 Å². The fraction of sp³-hybridized carbons (Fsp3) is 0.316. The molecule has 0 aliphatic heterocycles. The smallest absolute Gasteiger partial charge is 0.252 e. The molecule has 26 heavy (non-hydrogen) atoms. The average Bonchev–Trinajstić information content (AvgIpc) is 2.61. The third-order valence-electron chi connectivity index (χ3n) is 4.20. The molecule has 0 radical (unpaired) electrons. The molecule has 1 unspecified atom stereocenters. The second-order valence-corrected chi connectivity index (χ2v) is 9.26. The highest BCUT2D eigenvalue weighted by atomic mass is 32.2. The summed E-state index contributed by atoms with van der Waals surface area (Å²) >= 11 is 1.59. The second-order valence-electron chi connectivity index (χ2n) is 6.23. The van der Waals surface area contributed by atoms with Crippen LogP contribution in [0.2, 0.25) is 0 Å². The summed E-state index contributed by atoms with van der Waals surface area (Å²) in [6.45, 7) is 3.78. The van der Waals surface area contributed by atoms with Gasteiger partial charge in [-0.25, -0.2) is 12.7 Å². The minimum absolute atomic E-state index is 0.143. The topological polar surface area (TPSA) is 66.5 Å².